The lowest BCUT2D eigenvalue weighted by Gasteiger charge is -2.14. The van der Waals surface area contributed by atoms with Crippen molar-refractivity contribution in [2.24, 2.45) is 0 Å². The molecule has 13 heavy (non-hydrogen) atoms. The van der Waals surface area contributed by atoms with Crippen molar-refractivity contribution in [3.8, 4) is 0 Å². The van der Waals surface area contributed by atoms with Gasteiger partial charge in [0.25, 0.3) is 0 Å². The Kier molecular flexibility index (Phi) is 2.42. The molecule has 0 amide bonds. The zero-order chi connectivity index (χ0) is 9.26. The highest BCUT2D eigenvalue weighted by atomic mass is 33.1. The third-order valence-corrected chi connectivity index (χ3v) is 4.20. The normalized spacial score (nSPS) is 16.8. The highest BCUT2D eigenvalue weighted by molar-refractivity contribution is 8.79. The average molecular weight is 211 g/mol. The van der Waals surface area contributed by atoms with Gasteiger partial charge in [-0.1, -0.05) is 18.2 Å². The van der Waals surface area contributed by atoms with Crippen molar-refractivity contribution in [1.29, 1.82) is 0 Å². The van der Waals surface area contributed by atoms with Crippen molar-refractivity contribution in [3.63, 3.8) is 0 Å². The van der Waals surface area contributed by atoms with Gasteiger partial charge < -0.3 is 5.11 Å². The van der Waals surface area contributed by atoms with Gasteiger partial charge in [0.05, 0.1) is 10.6 Å². The van der Waals surface area contributed by atoms with E-state index in [9.17, 15) is 5.11 Å². The number of rotatable bonds is 1. The smallest absolute Gasteiger partial charge is 0.212 e. The number of hydrogen-bond acceptors (Lipinski definition) is 4. The maximum Gasteiger partial charge on any atom is 0.212 e. The molecule has 68 valence electrons. The van der Waals surface area contributed by atoms with Crippen LogP contribution in [0.15, 0.2) is 41.1 Å². The maximum atomic E-state index is 9.67. The van der Waals surface area contributed by atoms with Gasteiger partial charge >= 0.3 is 0 Å². The molecule has 0 unspecified atom stereocenters. The zero-order valence-corrected chi connectivity index (χ0v) is 8.73. The molecule has 0 bridgehead atoms. The fourth-order valence-electron chi connectivity index (χ4n) is 1.04. The molecule has 4 heteroatoms. The van der Waals surface area contributed by atoms with E-state index in [1.165, 1.54) is 11.0 Å². The third-order valence-electron chi connectivity index (χ3n) is 1.73. The standard InChI is InChI=1S/C9H9NOS2/c1-7-9(11)10(13-12-7)8-5-3-2-4-6-8/h2-6,11H,1H3. The molecule has 1 aliphatic rings. The minimum atomic E-state index is 0.348. The molecule has 1 heterocycles. The summed E-state index contributed by atoms with van der Waals surface area (Å²) in [6.07, 6.45) is 0. The van der Waals surface area contributed by atoms with Gasteiger partial charge in [0.15, 0.2) is 0 Å². The maximum absolute atomic E-state index is 9.67. The minimum Gasteiger partial charge on any atom is -0.493 e. The number of benzene rings is 1. The number of aliphatic hydroxyl groups excluding tert-OH is 1. The highest BCUT2D eigenvalue weighted by Crippen LogP contribution is 2.46. The fraction of sp³-hybridized carbons (Fsp3) is 0.111. The molecule has 0 saturated heterocycles. The predicted octanol–water partition coefficient (Wildman–Crippen LogP) is 3.55. The molecule has 1 aliphatic heterocycles. The first kappa shape index (κ1) is 8.84. The van der Waals surface area contributed by atoms with Crippen LogP contribution in [0.1, 0.15) is 6.92 Å². The summed E-state index contributed by atoms with van der Waals surface area (Å²) in [6.45, 7) is 1.91. The molecule has 2 rings (SSSR count). The predicted molar refractivity (Wildman–Crippen MR) is 59.4 cm³/mol. The summed E-state index contributed by atoms with van der Waals surface area (Å²) in [5.41, 5.74) is 1.01. The molecule has 2 nitrogen and oxygen atoms in total. The summed E-state index contributed by atoms with van der Waals surface area (Å²) in [5, 5.41) is 9.67. The second kappa shape index (κ2) is 3.55. The van der Waals surface area contributed by atoms with Gasteiger partial charge in [-0.15, -0.1) is 0 Å². The van der Waals surface area contributed by atoms with E-state index in [4.69, 9.17) is 0 Å². The van der Waals surface area contributed by atoms with E-state index >= 15 is 0 Å². The fourth-order valence-corrected chi connectivity index (χ4v) is 3.12. The van der Waals surface area contributed by atoms with Crippen LogP contribution in [0.25, 0.3) is 0 Å². The van der Waals surface area contributed by atoms with Crippen LogP contribution >= 0.6 is 21.8 Å². The van der Waals surface area contributed by atoms with E-state index in [2.05, 4.69) is 0 Å². The lowest BCUT2D eigenvalue weighted by atomic mass is 10.3. The molecule has 0 saturated carbocycles. The Bertz CT molecular complexity index is 337. The lowest BCUT2D eigenvalue weighted by Crippen LogP contribution is -2.08. The van der Waals surface area contributed by atoms with Gasteiger partial charge in [0, 0.05) is 11.0 Å². The zero-order valence-electron chi connectivity index (χ0n) is 7.10. The summed E-state index contributed by atoms with van der Waals surface area (Å²) in [4.78, 5) is 0.953. The van der Waals surface area contributed by atoms with Crippen molar-refractivity contribution in [2.75, 3.05) is 4.31 Å². The topological polar surface area (TPSA) is 23.5 Å². The number of allylic oxidation sites excluding steroid dienone is 1. The van der Waals surface area contributed by atoms with Crippen LogP contribution in [0.3, 0.4) is 0 Å². The minimum absolute atomic E-state index is 0.348. The van der Waals surface area contributed by atoms with Gasteiger partial charge in [0.2, 0.25) is 5.88 Å². The van der Waals surface area contributed by atoms with Gasteiger partial charge in [0.1, 0.15) is 0 Å². The SMILES string of the molecule is CC1=C(O)N(c2ccccc2)SS1. The second-order valence-electron chi connectivity index (χ2n) is 2.67. The number of para-hydroxylation sites is 1. The molecule has 0 spiro atoms. The van der Waals surface area contributed by atoms with Crippen LogP contribution in [-0.4, -0.2) is 5.11 Å². The first-order chi connectivity index (χ1) is 6.29. The van der Waals surface area contributed by atoms with E-state index in [-0.39, 0.29) is 0 Å². The number of nitrogens with zero attached hydrogens (tertiary/aromatic N) is 1. The Balaban J connectivity index is 2.30. The molecular formula is C9H9NOS2. The monoisotopic (exact) mass is 211 g/mol. The van der Waals surface area contributed by atoms with E-state index in [1.54, 1.807) is 10.8 Å². The molecule has 0 aliphatic carbocycles. The Hall–Kier alpha value is -0.740. The van der Waals surface area contributed by atoms with Crippen molar-refractivity contribution < 1.29 is 5.11 Å². The van der Waals surface area contributed by atoms with Crippen LogP contribution in [0.2, 0.25) is 0 Å². The molecule has 0 aromatic heterocycles. The van der Waals surface area contributed by atoms with E-state index in [0.717, 1.165) is 10.6 Å². The quantitative estimate of drug-likeness (QED) is 0.567. The Morgan fingerprint density at radius 2 is 1.92 bits per heavy atom. The molecule has 1 N–H and O–H groups in total. The van der Waals surface area contributed by atoms with Crippen LogP contribution in [-0.2, 0) is 0 Å². The van der Waals surface area contributed by atoms with E-state index in [0.29, 0.717) is 5.88 Å². The van der Waals surface area contributed by atoms with E-state index < -0.39 is 0 Å². The van der Waals surface area contributed by atoms with Crippen LogP contribution in [0, 0.1) is 0 Å². The average Bonchev–Trinajstić information content (AvgIpc) is 2.49. The molecule has 0 fully saturated rings. The first-order valence-electron chi connectivity index (χ1n) is 3.88. The molecule has 0 atom stereocenters. The van der Waals surface area contributed by atoms with Crippen molar-refractivity contribution in [2.45, 2.75) is 6.92 Å². The van der Waals surface area contributed by atoms with Gasteiger partial charge in [-0.2, -0.15) is 0 Å². The van der Waals surface area contributed by atoms with Crippen LogP contribution < -0.4 is 4.31 Å². The molecular weight excluding hydrogens is 202 g/mol. The second-order valence-corrected chi connectivity index (χ2v) is 4.91. The Morgan fingerprint density at radius 3 is 2.46 bits per heavy atom. The number of anilines is 1. The number of aliphatic hydroxyl groups is 1. The van der Waals surface area contributed by atoms with Crippen molar-refractivity contribution in [1.82, 2.24) is 0 Å². The van der Waals surface area contributed by atoms with Crippen molar-refractivity contribution >= 4 is 27.5 Å². The molecule has 0 radical (unpaired) electrons. The third kappa shape index (κ3) is 1.64. The van der Waals surface area contributed by atoms with E-state index in [1.807, 2.05) is 41.6 Å². The van der Waals surface area contributed by atoms with Crippen LogP contribution in [0.4, 0.5) is 5.69 Å². The summed E-state index contributed by atoms with van der Waals surface area (Å²) in [5.74, 6) is 0.348. The Morgan fingerprint density at radius 1 is 1.23 bits per heavy atom. The largest absolute Gasteiger partial charge is 0.493 e. The summed E-state index contributed by atoms with van der Waals surface area (Å²) in [6, 6.07) is 9.83. The van der Waals surface area contributed by atoms with Gasteiger partial charge in [-0.05, 0) is 29.9 Å². The molecule has 1 aromatic rings. The highest BCUT2D eigenvalue weighted by Gasteiger charge is 2.22. The lowest BCUT2D eigenvalue weighted by molar-refractivity contribution is 0.407. The first-order valence-corrected chi connectivity index (χ1v) is 5.99. The van der Waals surface area contributed by atoms with Gasteiger partial charge in [-0.25, -0.2) is 4.31 Å². The molecule has 1 aromatic carbocycles. The summed E-state index contributed by atoms with van der Waals surface area (Å²) < 4.78 is 1.82. The summed E-state index contributed by atoms with van der Waals surface area (Å²) in [7, 11) is 3.12. The van der Waals surface area contributed by atoms with Crippen molar-refractivity contribution in [3.05, 3.63) is 41.1 Å². The number of hydrogen-bond donors (Lipinski definition) is 1. The van der Waals surface area contributed by atoms with Crippen LogP contribution in [0.5, 0.6) is 0 Å². The Labute approximate surface area is 85.2 Å². The summed E-state index contributed by atoms with van der Waals surface area (Å²) >= 11 is 0. The van der Waals surface area contributed by atoms with Gasteiger partial charge in [-0.3, -0.25) is 0 Å².